The fourth-order valence-electron chi connectivity index (χ4n) is 4.68. The number of fused-ring (bicyclic) bond motifs is 1. The Balaban J connectivity index is 1.36. The summed E-state index contributed by atoms with van der Waals surface area (Å²) in [6, 6.07) is 26.2. The number of hydrogen-bond donors (Lipinski definition) is 1. The van der Waals surface area contributed by atoms with Crippen LogP contribution in [0.25, 0.3) is 0 Å². The van der Waals surface area contributed by atoms with Gasteiger partial charge in [0.05, 0.1) is 18.3 Å². The summed E-state index contributed by atoms with van der Waals surface area (Å²) < 4.78 is 12.1. The molecule has 2 heterocycles. The number of ether oxygens (including phenoxy) is 2. The highest BCUT2D eigenvalue weighted by molar-refractivity contribution is 6.01. The van der Waals surface area contributed by atoms with Gasteiger partial charge in [0.2, 0.25) is 0 Å². The molecule has 1 N–H and O–H groups in total. The van der Waals surface area contributed by atoms with Crippen molar-refractivity contribution < 1.29 is 14.3 Å². The molecule has 5 heteroatoms. The average Bonchev–Trinajstić information content (AvgIpc) is 3.38. The van der Waals surface area contributed by atoms with E-state index in [2.05, 4.69) is 29.6 Å². The molecule has 170 valence electrons. The Bertz CT molecular complexity index is 1080. The number of benzene rings is 3. The molecule has 2 aliphatic heterocycles. The largest absolute Gasteiger partial charge is 0.493 e. The number of carbonyl (C=O) groups excluding carboxylic acids is 1. The molecule has 3 aromatic rings. The van der Waals surface area contributed by atoms with Gasteiger partial charge in [-0.25, -0.2) is 0 Å². The Labute approximate surface area is 195 Å². The highest BCUT2D eigenvalue weighted by Gasteiger charge is 2.36. The van der Waals surface area contributed by atoms with Crippen molar-refractivity contribution >= 4 is 11.6 Å². The number of amides is 1. The van der Waals surface area contributed by atoms with Gasteiger partial charge < -0.3 is 19.7 Å². The maximum absolute atomic E-state index is 13.5. The van der Waals surface area contributed by atoms with E-state index in [0.29, 0.717) is 18.7 Å². The highest BCUT2D eigenvalue weighted by atomic mass is 16.5. The molecule has 2 atom stereocenters. The summed E-state index contributed by atoms with van der Waals surface area (Å²) in [4.78, 5) is 15.4. The number of aryl methyl sites for hydroxylation is 1. The Morgan fingerprint density at radius 1 is 0.970 bits per heavy atom. The molecule has 5 nitrogen and oxygen atoms in total. The van der Waals surface area contributed by atoms with Gasteiger partial charge in [-0.2, -0.15) is 0 Å². The lowest BCUT2D eigenvalue weighted by Crippen LogP contribution is -2.46. The predicted molar refractivity (Wildman–Crippen MR) is 130 cm³/mol. The van der Waals surface area contributed by atoms with Gasteiger partial charge >= 0.3 is 0 Å². The van der Waals surface area contributed by atoms with Crippen molar-refractivity contribution in [1.82, 2.24) is 4.90 Å². The van der Waals surface area contributed by atoms with Crippen LogP contribution in [-0.4, -0.2) is 36.7 Å². The second-order valence-electron chi connectivity index (χ2n) is 8.66. The number of nitrogens with one attached hydrogen (secondary N) is 1. The summed E-state index contributed by atoms with van der Waals surface area (Å²) in [6.45, 7) is 1.95. The minimum absolute atomic E-state index is 0.0312. The van der Waals surface area contributed by atoms with Crippen LogP contribution < -0.4 is 10.1 Å². The van der Waals surface area contributed by atoms with E-state index in [1.54, 1.807) is 0 Å². The molecular weight excluding hydrogens is 412 g/mol. The number of hydrogen-bond acceptors (Lipinski definition) is 4. The van der Waals surface area contributed by atoms with Gasteiger partial charge in [0.15, 0.2) is 0 Å². The van der Waals surface area contributed by atoms with Crippen LogP contribution in [0.4, 0.5) is 5.69 Å². The monoisotopic (exact) mass is 442 g/mol. The van der Waals surface area contributed by atoms with E-state index in [1.807, 2.05) is 59.5 Å². The Kier molecular flexibility index (Phi) is 6.58. The molecule has 0 radical (unpaired) electrons. The summed E-state index contributed by atoms with van der Waals surface area (Å²) in [5.74, 6) is 0.844. The lowest BCUT2D eigenvalue weighted by Gasteiger charge is -2.39. The predicted octanol–water partition coefficient (Wildman–Crippen LogP) is 5.44. The highest BCUT2D eigenvalue weighted by Crippen LogP contribution is 2.37. The topological polar surface area (TPSA) is 50.8 Å². The third-order valence-electron chi connectivity index (χ3n) is 6.37. The molecule has 1 amide bonds. The molecule has 33 heavy (non-hydrogen) atoms. The van der Waals surface area contributed by atoms with Crippen LogP contribution in [0.15, 0.2) is 78.9 Å². The first-order valence-corrected chi connectivity index (χ1v) is 11.8. The molecule has 3 aromatic carbocycles. The van der Waals surface area contributed by atoms with E-state index in [4.69, 9.17) is 9.47 Å². The summed E-state index contributed by atoms with van der Waals surface area (Å²) >= 11 is 0. The van der Waals surface area contributed by atoms with Crippen molar-refractivity contribution in [2.24, 2.45) is 0 Å². The van der Waals surface area contributed by atoms with Crippen molar-refractivity contribution in [2.75, 3.05) is 25.1 Å². The van der Waals surface area contributed by atoms with E-state index in [-0.39, 0.29) is 18.2 Å². The van der Waals surface area contributed by atoms with Gasteiger partial charge in [0.1, 0.15) is 11.9 Å². The zero-order valence-electron chi connectivity index (χ0n) is 18.8. The smallest absolute Gasteiger partial charge is 0.257 e. The quantitative estimate of drug-likeness (QED) is 0.472. The Hall–Kier alpha value is -3.31. The SMILES string of the molecule is O=C1c2ccccc2NC(c2ccccc2OCCCc2ccccc2)N1CC1CCCO1. The maximum Gasteiger partial charge on any atom is 0.257 e. The van der Waals surface area contributed by atoms with E-state index in [0.717, 1.165) is 49.3 Å². The molecular formula is C28H30N2O3. The molecule has 1 saturated heterocycles. The molecule has 0 saturated carbocycles. The zero-order chi connectivity index (χ0) is 22.5. The third-order valence-corrected chi connectivity index (χ3v) is 6.37. The molecule has 2 unspecified atom stereocenters. The minimum atomic E-state index is -0.304. The van der Waals surface area contributed by atoms with Gasteiger partial charge in [-0.1, -0.05) is 60.7 Å². The first kappa shape index (κ1) is 21.5. The van der Waals surface area contributed by atoms with E-state index in [1.165, 1.54) is 5.56 Å². The van der Waals surface area contributed by atoms with E-state index < -0.39 is 0 Å². The van der Waals surface area contributed by atoms with Crippen LogP contribution >= 0.6 is 0 Å². The van der Waals surface area contributed by atoms with Gasteiger partial charge in [-0.15, -0.1) is 0 Å². The van der Waals surface area contributed by atoms with Crippen molar-refractivity contribution in [3.8, 4) is 5.75 Å². The van der Waals surface area contributed by atoms with Crippen LogP contribution in [0.5, 0.6) is 5.75 Å². The lowest BCUT2D eigenvalue weighted by atomic mass is 10.0. The zero-order valence-corrected chi connectivity index (χ0v) is 18.8. The van der Waals surface area contributed by atoms with Crippen LogP contribution in [-0.2, 0) is 11.2 Å². The average molecular weight is 443 g/mol. The van der Waals surface area contributed by atoms with Crippen LogP contribution in [0, 0.1) is 0 Å². The van der Waals surface area contributed by atoms with Crippen LogP contribution in [0.3, 0.4) is 0 Å². The summed E-state index contributed by atoms with van der Waals surface area (Å²) in [6.07, 6.45) is 3.70. The van der Waals surface area contributed by atoms with Crippen molar-refractivity contribution in [1.29, 1.82) is 0 Å². The summed E-state index contributed by atoms with van der Waals surface area (Å²) in [7, 11) is 0. The van der Waals surface area contributed by atoms with Gasteiger partial charge in [-0.05, 0) is 49.4 Å². The Morgan fingerprint density at radius 3 is 2.61 bits per heavy atom. The summed E-state index contributed by atoms with van der Waals surface area (Å²) in [5, 5.41) is 3.59. The van der Waals surface area contributed by atoms with Crippen molar-refractivity contribution in [3.05, 3.63) is 95.6 Å². The summed E-state index contributed by atoms with van der Waals surface area (Å²) in [5.41, 5.74) is 3.84. The number of anilines is 1. The van der Waals surface area contributed by atoms with E-state index in [9.17, 15) is 4.79 Å². The van der Waals surface area contributed by atoms with Gasteiger partial charge in [-0.3, -0.25) is 4.79 Å². The molecule has 0 spiro atoms. The Morgan fingerprint density at radius 2 is 1.76 bits per heavy atom. The molecule has 2 aliphatic rings. The normalized spacial score (nSPS) is 19.8. The van der Waals surface area contributed by atoms with Crippen LogP contribution in [0.2, 0.25) is 0 Å². The molecule has 0 aromatic heterocycles. The molecule has 1 fully saturated rings. The number of carbonyl (C=O) groups is 1. The third kappa shape index (κ3) is 4.88. The van der Waals surface area contributed by atoms with Gasteiger partial charge in [0.25, 0.3) is 5.91 Å². The standard InChI is InChI=1S/C28H30N2O3/c31-28-23-14-4-6-16-25(23)29-27(30(28)20-22-13-9-18-32-22)24-15-5-7-17-26(24)33-19-8-12-21-10-2-1-3-11-21/h1-7,10-11,14-17,22,27,29H,8-9,12-13,18-20H2. The minimum Gasteiger partial charge on any atom is -0.493 e. The second kappa shape index (κ2) is 10.1. The molecule has 0 aliphatic carbocycles. The number of para-hydroxylation sites is 2. The van der Waals surface area contributed by atoms with Gasteiger partial charge in [0, 0.05) is 24.4 Å². The van der Waals surface area contributed by atoms with Crippen molar-refractivity contribution in [3.63, 3.8) is 0 Å². The first-order valence-electron chi connectivity index (χ1n) is 11.8. The number of rotatable bonds is 8. The second-order valence-corrected chi connectivity index (χ2v) is 8.66. The maximum atomic E-state index is 13.5. The van der Waals surface area contributed by atoms with Crippen LogP contribution in [0.1, 0.15) is 46.9 Å². The molecule has 5 rings (SSSR count). The first-order chi connectivity index (χ1) is 16.3. The van der Waals surface area contributed by atoms with E-state index >= 15 is 0 Å². The number of nitrogens with zero attached hydrogens (tertiary/aromatic N) is 1. The lowest BCUT2D eigenvalue weighted by molar-refractivity contribution is 0.0424. The fraction of sp³-hybridized carbons (Fsp3) is 0.321. The fourth-order valence-corrected chi connectivity index (χ4v) is 4.68. The molecule has 0 bridgehead atoms. The van der Waals surface area contributed by atoms with Crippen molar-refractivity contribution in [2.45, 2.75) is 38.0 Å².